The number of hydrogen-bond donors (Lipinski definition) is 3. The highest BCUT2D eigenvalue weighted by Gasteiger charge is 2.12. The summed E-state index contributed by atoms with van der Waals surface area (Å²) >= 11 is 0. The zero-order chi connectivity index (χ0) is 19.6. The van der Waals surface area contributed by atoms with Crippen LogP contribution in [0.3, 0.4) is 0 Å². The third-order valence-electron chi connectivity index (χ3n) is 2.70. The minimum absolute atomic E-state index is 0.191. The van der Waals surface area contributed by atoms with E-state index in [-0.39, 0.29) is 12.1 Å². The minimum atomic E-state index is -0.833. The molecule has 0 spiro atoms. The van der Waals surface area contributed by atoms with Crippen LogP contribution >= 0.6 is 0 Å². The van der Waals surface area contributed by atoms with Crippen LogP contribution in [0.4, 0.5) is 11.9 Å². The van der Waals surface area contributed by atoms with Crippen LogP contribution in [0.1, 0.15) is 67.9 Å². The van der Waals surface area contributed by atoms with Gasteiger partial charge in [0.25, 0.3) is 5.97 Å². The van der Waals surface area contributed by atoms with Gasteiger partial charge in [-0.2, -0.15) is 9.97 Å². The lowest BCUT2D eigenvalue weighted by molar-refractivity contribution is -0.134. The Hall–Kier alpha value is -2.12. The smallest absolute Gasteiger partial charge is 0.300 e. The van der Waals surface area contributed by atoms with Crippen LogP contribution in [0, 0.1) is 0 Å². The van der Waals surface area contributed by atoms with Gasteiger partial charge in [-0.1, -0.05) is 6.92 Å². The molecule has 0 aliphatic rings. The fraction of sp³-hybridized carbons (Fsp3) is 0.765. The zero-order valence-electron chi connectivity index (χ0n) is 16.8. The van der Waals surface area contributed by atoms with Crippen molar-refractivity contribution in [3.8, 4) is 0 Å². The maximum atomic E-state index is 9.00. The van der Waals surface area contributed by atoms with Crippen molar-refractivity contribution in [1.29, 1.82) is 0 Å². The number of aliphatic carboxylic acids is 1. The molecule has 0 unspecified atom stereocenters. The molecule has 25 heavy (non-hydrogen) atoms. The topological polar surface area (TPSA) is 104 Å². The Labute approximate surface area is 150 Å². The van der Waals surface area contributed by atoms with Gasteiger partial charge < -0.3 is 15.7 Å². The summed E-state index contributed by atoms with van der Waals surface area (Å²) in [5.74, 6) is 0.615. The molecule has 0 saturated heterocycles. The molecule has 8 nitrogen and oxygen atoms in total. The quantitative estimate of drug-likeness (QED) is 0.695. The maximum Gasteiger partial charge on any atom is 0.300 e. The summed E-state index contributed by atoms with van der Waals surface area (Å²) < 4.78 is 2.05. The second kappa shape index (κ2) is 11.4. The molecule has 0 aromatic carbocycles. The fourth-order valence-corrected chi connectivity index (χ4v) is 1.90. The van der Waals surface area contributed by atoms with Crippen LogP contribution in [0.2, 0.25) is 0 Å². The van der Waals surface area contributed by atoms with E-state index in [2.05, 4.69) is 78.6 Å². The summed E-state index contributed by atoms with van der Waals surface area (Å²) in [6.45, 7) is 16.6. The third-order valence-corrected chi connectivity index (χ3v) is 2.70. The van der Waals surface area contributed by atoms with Crippen molar-refractivity contribution < 1.29 is 9.90 Å². The van der Waals surface area contributed by atoms with E-state index in [4.69, 9.17) is 9.90 Å². The molecule has 0 bridgehead atoms. The highest BCUT2D eigenvalue weighted by Crippen LogP contribution is 2.12. The molecule has 144 valence electrons. The Bertz CT molecular complexity index is 589. The van der Waals surface area contributed by atoms with E-state index in [9.17, 15) is 0 Å². The van der Waals surface area contributed by atoms with E-state index in [1.165, 1.54) is 0 Å². The number of rotatable bonds is 7. The standard InChI is InChI=1S/C15H30N6.C2H4O2/c1-8-9-16-13-19-14(17-10(2)3)21(12(6)7)15(20-13)18-11(4)5;1-2(3)4/h10-12H,8-9H2,1-7H3,(H2,16,17,18,19,20);1H3,(H,3,4). The van der Waals surface area contributed by atoms with E-state index in [1.54, 1.807) is 0 Å². The van der Waals surface area contributed by atoms with Gasteiger partial charge in [0.1, 0.15) is 0 Å². The Balaban J connectivity index is 0.00000129. The van der Waals surface area contributed by atoms with Crippen LogP contribution < -0.4 is 16.3 Å². The van der Waals surface area contributed by atoms with Crippen molar-refractivity contribution in [2.24, 2.45) is 4.99 Å². The Morgan fingerprint density at radius 2 is 1.76 bits per heavy atom. The highest BCUT2D eigenvalue weighted by atomic mass is 16.4. The van der Waals surface area contributed by atoms with Gasteiger partial charge in [0.2, 0.25) is 17.5 Å². The molecule has 0 radical (unpaired) electrons. The maximum absolute atomic E-state index is 9.00. The van der Waals surface area contributed by atoms with Crippen LogP contribution in [-0.2, 0) is 4.79 Å². The lowest BCUT2D eigenvalue weighted by Gasteiger charge is -2.20. The molecule has 0 aliphatic carbocycles. The Kier molecular flexibility index (Phi) is 10.5. The molecule has 0 amide bonds. The molecule has 1 aromatic heterocycles. The van der Waals surface area contributed by atoms with Gasteiger partial charge >= 0.3 is 0 Å². The van der Waals surface area contributed by atoms with E-state index < -0.39 is 5.97 Å². The number of carboxylic acids is 1. The van der Waals surface area contributed by atoms with Gasteiger partial charge in [-0.15, -0.1) is 0 Å². The van der Waals surface area contributed by atoms with E-state index >= 15 is 0 Å². The molecule has 0 saturated carbocycles. The molecule has 1 heterocycles. The second-order valence-electron chi connectivity index (χ2n) is 6.60. The Morgan fingerprint density at radius 3 is 2.16 bits per heavy atom. The van der Waals surface area contributed by atoms with Gasteiger partial charge in [-0.3, -0.25) is 9.36 Å². The fourth-order valence-electron chi connectivity index (χ4n) is 1.90. The van der Waals surface area contributed by atoms with E-state index in [0.29, 0.717) is 12.0 Å². The number of carboxylic acid groups (broad SMARTS) is 1. The van der Waals surface area contributed by atoms with Gasteiger partial charge in [-0.25, -0.2) is 4.99 Å². The van der Waals surface area contributed by atoms with Gasteiger partial charge in [0.15, 0.2) is 0 Å². The predicted octanol–water partition coefficient (Wildman–Crippen LogP) is 2.90. The van der Waals surface area contributed by atoms with Crippen molar-refractivity contribution in [3.63, 3.8) is 0 Å². The molecular formula is C17H34N6O2. The average molecular weight is 354 g/mol. The average Bonchev–Trinajstić information content (AvgIpc) is 2.42. The Morgan fingerprint density at radius 1 is 1.20 bits per heavy atom. The van der Waals surface area contributed by atoms with Crippen molar-refractivity contribution in [3.05, 3.63) is 5.62 Å². The summed E-state index contributed by atoms with van der Waals surface area (Å²) in [7, 11) is 0. The summed E-state index contributed by atoms with van der Waals surface area (Å²) in [6.07, 6.45) is 1.03. The monoisotopic (exact) mass is 354 g/mol. The minimum Gasteiger partial charge on any atom is -0.481 e. The largest absolute Gasteiger partial charge is 0.481 e. The first-order valence-corrected chi connectivity index (χ1v) is 8.82. The van der Waals surface area contributed by atoms with Crippen molar-refractivity contribution in [2.45, 2.75) is 79.9 Å². The van der Waals surface area contributed by atoms with Crippen LogP contribution in [0.15, 0.2) is 4.99 Å². The number of hydrogen-bond acceptors (Lipinski definition) is 6. The summed E-state index contributed by atoms with van der Waals surface area (Å²) in [5.41, 5.74) is 0.719. The summed E-state index contributed by atoms with van der Waals surface area (Å²) in [5, 5.41) is 14.1. The van der Waals surface area contributed by atoms with Crippen molar-refractivity contribution in [2.75, 3.05) is 17.2 Å². The highest BCUT2D eigenvalue weighted by molar-refractivity contribution is 5.62. The molecule has 0 atom stereocenters. The first kappa shape index (κ1) is 22.9. The molecular weight excluding hydrogens is 320 g/mol. The van der Waals surface area contributed by atoms with Crippen LogP contribution in [0.25, 0.3) is 0 Å². The normalized spacial score (nSPS) is 11.6. The molecule has 0 aliphatic heterocycles. The van der Waals surface area contributed by atoms with Crippen molar-refractivity contribution >= 4 is 17.9 Å². The number of nitrogens with one attached hydrogen (secondary N) is 2. The van der Waals surface area contributed by atoms with E-state index in [0.717, 1.165) is 31.5 Å². The third kappa shape index (κ3) is 9.69. The van der Waals surface area contributed by atoms with Gasteiger partial charge in [0, 0.05) is 31.6 Å². The van der Waals surface area contributed by atoms with Gasteiger partial charge in [-0.05, 0) is 48.0 Å². The first-order valence-electron chi connectivity index (χ1n) is 8.82. The number of carbonyl (C=O) groups is 1. The summed E-state index contributed by atoms with van der Waals surface area (Å²) in [6, 6.07) is 0.732. The molecule has 0 fully saturated rings. The second-order valence-corrected chi connectivity index (χ2v) is 6.60. The summed E-state index contributed by atoms with van der Waals surface area (Å²) in [4.78, 5) is 22.8. The first-order chi connectivity index (χ1) is 11.6. The van der Waals surface area contributed by atoms with Crippen LogP contribution in [-0.4, -0.2) is 44.2 Å². The number of nitrogens with zero attached hydrogens (tertiary/aromatic N) is 4. The molecule has 1 rings (SSSR count). The zero-order valence-corrected chi connectivity index (χ0v) is 16.8. The van der Waals surface area contributed by atoms with Gasteiger partial charge in [0.05, 0.1) is 0 Å². The lowest BCUT2D eigenvalue weighted by atomic mass is 10.3. The molecule has 8 heteroatoms. The molecule has 3 N–H and O–H groups in total. The van der Waals surface area contributed by atoms with E-state index in [1.807, 2.05) is 0 Å². The van der Waals surface area contributed by atoms with Crippen LogP contribution in [0.5, 0.6) is 0 Å². The number of anilines is 2. The SMILES string of the molecule is CC(=O)O.CCCNc1nc(NC(C)C)n(C(C)C)c(=NC(C)C)n1. The van der Waals surface area contributed by atoms with Crippen molar-refractivity contribution in [1.82, 2.24) is 14.5 Å². The lowest BCUT2D eigenvalue weighted by Crippen LogP contribution is -2.33. The predicted molar refractivity (Wildman–Crippen MR) is 102 cm³/mol. The number of aromatic nitrogens is 3. The molecule has 1 aromatic rings.